The second-order valence-corrected chi connectivity index (χ2v) is 7.34. The zero-order valence-corrected chi connectivity index (χ0v) is 15.6. The van der Waals surface area contributed by atoms with Crippen LogP contribution in [-0.4, -0.2) is 20.5 Å². The van der Waals surface area contributed by atoms with Gasteiger partial charge in [0.15, 0.2) is 5.69 Å². The van der Waals surface area contributed by atoms with Gasteiger partial charge in [-0.1, -0.05) is 57.6 Å². The van der Waals surface area contributed by atoms with Crippen molar-refractivity contribution >= 4 is 43.8 Å². The first-order valence-electron chi connectivity index (χ1n) is 7.63. The van der Waals surface area contributed by atoms with Gasteiger partial charge in [0.25, 0.3) is 5.91 Å². The van der Waals surface area contributed by atoms with E-state index in [2.05, 4.69) is 31.3 Å². The van der Waals surface area contributed by atoms with E-state index < -0.39 is 5.56 Å². The van der Waals surface area contributed by atoms with Crippen LogP contribution < -0.4 is 10.9 Å². The minimum absolute atomic E-state index is 0.251. The SMILES string of the molecule is O=C(Nc1ccc(Br)cc1)c1cn2nc(-c3ccccc3)c(=O)nc2s1. The molecule has 4 rings (SSSR count). The number of benzene rings is 2. The molecule has 6 nitrogen and oxygen atoms in total. The Labute approximate surface area is 160 Å². The Hall–Kier alpha value is -2.84. The van der Waals surface area contributed by atoms with E-state index in [-0.39, 0.29) is 11.6 Å². The Kier molecular flexibility index (Phi) is 4.36. The molecule has 0 fully saturated rings. The second kappa shape index (κ2) is 6.81. The van der Waals surface area contributed by atoms with Crippen molar-refractivity contribution in [2.24, 2.45) is 0 Å². The van der Waals surface area contributed by atoms with Crippen molar-refractivity contribution in [3.05, 3.63) is 80.5 Å². The molecular weight excluding hydrogens is 416 g/mol. The summed E-state index contributed by atoms with van der Waals surface area (Å²) in [5.74, 6) is -0.279. The third-order valence-corrected chi connectivity index (χ3v) is 5.12. The largest absolute Gasteiger partial charge is 0.321 e. The Balaban J connectivity index is 1.68. The minimum atomic E-state index is -0.419. The molecule has 4 aromatic rings. The lowest BCUT2D eigenvalue weighted by atomic mass is 10.2. The van der Waals surface area contributed by atoms with Gasteiger partial charge in [0.1, 0.15) is 4.88 Å². The molecule has 0 aliphatic heterocycles. The van der Waals surface area contributed by atoms with E-state index in [4.69, 9.17) is 0 Å². The number of rotatable bonds is 3. The van der Waals surface area contributed by atoms with E-state index in [0.29, 0.717) is 21.1 Å². The number of amides is 1. The van der Waals surface area contributed by atoms with Gasteiger partial charge < -0.3 is 5.32 Å². The van der Waals surface area contributed by atoms with Crippen molar-refractivity contribution in [3.63, 3.8) is 0 Å². The van der Waals surface area contributed by atoms with Crippen molar-refractivity contribution in [1.82, 2.24) is 14.6 Å². The third-order valence-electron chi connectivity index (χ3n) is 3.62. The molecule has 1 amide bonds. The number of nitrogens with one attached hydrogen (secondary N) is 1. The predicted molar refractivity (Wildman–Crippen MR) is 105 cm³/mol. The molecule has 0 bridgehead atoms. The van der Waals surface area contributed by atoms with Gasteiger partial charge in [0, 0.05) is 15.7 Å². The normalized spacial score (nSPS) is 10.8. The van der Waals surface area contributed by atoms with E-state index in [0.717, 1.165) is 15.8 Å². The Morgan fingerprint density at radius 2 is 1.81 bits per heavy atom. The molecular formula is C18H11BrN4O2S. The van der Waals surface area contributed by atoms with Crippen molar-refractivity contribution < 1.29 is 4.79 Å². The minimum Gasteiger partial charge on any atom is -0.321 e. The summed E-state index contributed by atoms with van der Waals surface area (Å²) in [4.78, 5) is 29.5. The molecule has 0 saturated carbocycles. The number of fused-ring (bicyclic) bond motifs is 1. The molecule has 2 heterocycles. The smallest absolute Gasteiger partial charge is 0.300 e. The van der Waals surface area contributed by atoms with Crippen LogP contribution in [0.1, 0.15) is 9.67 Å². The van der Waals surface area contributed by atoms with Gasteiger partial charge in [0.05, 0.1) is 6.20 Å². The van der Waals surface area contributed by atoms with Gasteiger partial charge in [-0.05, 0) is 24.3 Å². The number of hydrogen-bond donors (Lipinski definition) is 1. The first-order chi connectivity index (χ1) is 12.6. The van der Waals surface area contributed by atoms with Crippen LogP contribution in [0.15, 0.2) is 70.1 Å². The zero-order chi connectivity index (χ0) is 18.1. The summed E-state index contributed by atoms with van der Waals surface area (Å²) in [6.45, 7) is 0. The van der Waals surface area contributed by atoms with Gasteiger partial charge in [0.2, 0.25) is 4.96 Å². The van der Waals surface area contributed by atoms with Crippen LogP contribution in [0.3, 0.4) is 0 Å². The zero-order valence-electron chi connectivity index (χ0n) is 13.2. The Morgan fingerprint density at radius 1 is 1.08 bits per heavy atom. The van der Waals surface area contributed by atoms with E-state index in [9.17, 15) is 9.59 Å². The number of carbonyl (C=O) groups excluding carboxylic acids is 1. The number of hydrogen-bond acceptors (Lipinski definition) is 5. The van der Waals surface area contributed by atoms with Gasteiger partial charge in [-0.3, -0.25) is 9.59 Å². The van der Waals surface area contributed by atoms with Crippen LogP contribution in [0.4, 0.5) is 5.69 Å². The molecule has 1 N–H and O–H groups in total. The quantitative estimate of drug-likeness (QED) is 0.539. The van der Waals surface area contributed by atoms with Crippen molar-refractivity contribution in [3.8, 4) is 11.3 Å². The number of aromatic nitrogens is 3. The molecule has 0 radical (unpaired) electrons. The highest BCUT2D eigenvalue weighted by Crippen LogP contribution is 2.20. The molecule has 0 aliphatic carbocycles. The maximum absolute atomic E-state index is 12.4. The van der Waals surface area contributed by atoms with Gasteiger partial charge in [-0.2, -0.15) is 10.1 Å². The maximum Gasteiger partial charge on any atom is 0.300 e. The van der Waals surface area contributed by atoms with Crippen molar-refractivity contribution in [2.75, 3.05) is 5.32 Å². The van der Waals surface area contributed by atoms with Crippen LogP contribution in [0, 0.1) is 0 Å². The first-order valence-corrected chi connectivity index (χ1v) is 9.24. The van der Waals surface area contributed by atoms with Crippen LogP contribution in [0.2, 0.25) is 0 Å². The fraction of sp³-hybridized carbons (Fsp3) is 0. The van der Waals surface area contributed by atoms with Gasteiger partial charge >= 0.3 is 5.56 Å². The van der Waals surface area contributed by atoms with E-state index in [1.165, 1.54) is 4.52 Å². The topological polar surface area (TPSA) is 76.4 Å². The highest BCUT2D eigenvalue weighted by Gasteiger charge is 2.15. The standard InChI is InChI=1S/C18H11BrN4O2S/c19-12-6-8-13(9-7-12)20-16(24)14-10-23-18(26-14)21-17(25)15(22-23)11-4-2-1-3-5-11/h1-10H,(H,20,24). The molecule has 0 spiro atoms. The Morgan fingerprint density at radius 3 is 2.54 bits per heavy atom. The number of thiazole rings is 1. The molecule has 0 atom stereocenters. The van der Waals surface area contributed by atoms with Crippen LogP contribution >= 0.6 is 27.3 Å². The number of anilines is 1. The summed E-state index contributed by atoms with van der Waals surface area (Å²) in [5.41, 5.74) is 1.20. The monoisotopic (exact) mass is 426 g/mol. The molecule has 0 unspecified atom stereocenters. The molecule has 2 aromatic carbocycles. The fourth-order valence-electron chi connectivity index (χ4n) is 2.38. The second-order valence-electron chi connectivity index (χ2n) is 5.42. The summed E-state index contributed by atoms with van der Waals surface area (Å²) in [6.07, 6.45) is 1.58. The van der Waals surface area contributed by atoms with Gasteiger partial charge in [-0.25, -0.2) is 4.52 Å². The van der Waals surface area contributed by atoms with Crippen molar-refractivity contribution in [1.29, 1.82) is 0 Å². The van der Waals surface area contributed by atoms with Crippen molar-refractivity contribution in [2.45, 2.75) is 0 Å². The predicted octanol–water partition coefficient (Wildman–Crippen LogP) is 3.83. The molecule has 2 aromatic heterocycles. The summed E-state index contributed by atoms with van der Waals surface area (Å²) >= 11 is 4.47. The van der Waals surface area contributed by atoms with Crippen LogP contribution in [-0.2, 0) is 0 Å². The molecule has 0 aliphatic rings. The average molecular weight is 427 g/mol. The molecule has 128 valence electrons. The number of halogens is 1. The van der Waals surface area contributed by atoms with Gasteiger partial charge in [-0.15, -0.1) is 0 Å². The van der Waals surface area contributed by atoms with E-state index in [1.807, 2.05) is 30.3 Å². The maximum atomic E-state index is 12.4. The summed E-state index contributed by atoms with van der Waals surface area (Å²) in [6, 6.07) is 16.4. The van der Waals surface area contributed by atoms with E-state index >= 15 is 0 Å². The lowest BCUT2D eigenvalue weighted by Gasteiger charge is -2.02. The summed E-state index contributed by atoms with van der Waals surface area (Å²) in [5, 5.41) is 7.14. The molecule has 8 heteroatoms. The average Bonchev–Trinajstić information content (AvgIpc) is 3.06. The summed E-state index contributed by atoms with van der Waals surface area (Å²) in [7, 11) is 0. The molecule has 26 heavy (non-hydrogen) atoms. The fourth-order valence-corrected chi connectivity index (χ4v) is 3.45. The summed E-state index contributed by atoms with van der Waals surface area (Å²) < 4.78 is 2.39. The lowest BCUT2D eigenvalue weighted by Crippen LogP contribution is -2.14. The number of carbonyl (C=O) groups is 1. The van der Waals surface area contributed by atoms with Crippen LogP contribution in [0.25, 0.3) is 16.2 Å². The highest BCUT2D eigenvalue weighted by atomic mass is 79.9. The number of nitrogens with zero attached hydrogens (tertiary/aromatic N) is 3. The van der Waals surface area contributed by atoms with Crippen LogP contribution in [0.5, 0.6) is 0 Å². The molecule has 0 saturated heterocycles. The highest BCUT2D eigenvalue weighted by molar-refractivity contribution is 9.10. The lowest BCUT2D eigenvalue weighted by molar-refractivity contribution is 0.103. The third kappa shape index (κ3) is 3.29. The Bertz CT molecular complexity index is 1150. The first kappa shape index (κ1) is 16.6. The van der Waals surface area contributed by atoms with E-state index in [1.54, 1.807) is 30.5 Å².